The van der Waals surface area contributed by atoms with Gasteiger partial charge in [-0.2, -0.15) is 5.26 Å². The molecule has 1 rings (SSSR count). The zero-order valence-electron chi connectivity index (χ0n) is 10.5. The minimum atomic E-state index is 0.0425. The van der Waals surface area contributed by atoms with E-state index >= 15 is 0 Å². The van der Waals surface area contributed by atoms with E-state index in [2.05, 4.69) is 16.0 Å². The van der Waals surface area contributed by atoms with E-state index in [1.165, 1.54) is 0 Å². The third-order valence-corrected chi connectivity index (χ3v) is 2.46. The largest absolute Gasteiger partial charge is 0.394 e. The number of aromatic nitrogens is 1. The molecule has 0 aromatic carbocycles. The third-order valence-electron chi connectivity index (χ3n) is 2.46. The number of nitrogens with zero attached hydrogens (tertiary/aromatic N) is 3. The maximum Gasteiger partial charge on any atom is 0.0698 e. The van der Waals surface area contributed by atoms with E-state index in [0.29, 0.717) is 26.2 Å². The number of ether oxygens (including phenoxy) is 1. The van der Waals surface area contributed by atoms with Gasteiger partial charge in [0.05, 0.1) is 25.9 Å². The molecule has 0 saturated carbocycles. The number of aliphatic hydroxyl groups is 1. The SMILES string of the molecule is N#CCCN(CCOCCO)Cc1cccnc1. The highest BCUT2D eigenvalue weighted by molar-refractivity contribution is 5.08. The number of pyridine rings is 1. The Morgan fingerprint density at radius 3 is 2.94 bits per heavy atom. The van der Waals surface area contributed by atoms with Gasteiger partial charge in [0.2, 0.25) is 0 Å². The molecule has 5 nitrogen and oxygen atoms in total. The summed E-state index contributed by atoms with van der Waals surface area (Å²) in [7, 11) is 0. The Balaban J connectivity index is 2.37. The summed E-state index contributed by atoms with van der Waals surface area (Å²) in [4.78, 5) is 6.22. The lowest BCUT2D eigenvalue weighted by molar-refractivity contribution is 0.0724. The summed E-state index contributed by atoms with van der Waals surface area (Å²) in [6, 6.07) is 6.07. The fourth-order valence-corrected chi connectivity index (χ4v) is 1.59. The molecule has 1 aromatic rings. The van der Waals surface area contributed by atoms with Crippen molar-refractivity contribution in [2.24, 2.45) is 0 Å². The van der Waals surface area contributed by atoms with Gasteiger partial charge in [0.1, 0.15) is 0 Å². The summed E-state index contributed by atoms with van der Waals surface area (Å²) in [5, 5.41) is 17.3. The van der Waals surface area contributed by atoms with Crippen LogP contribution in [0, 0.1) is 11.3 Å². The Hall–Kier alpha value is -1.48. The van der Waals surface area contributed by atoms with Crippen LogP contribution in [0.25, 0.3) is 0 Å². The highest BCUT2D eigenvalue weighted by atomic mass is 16.5. The minimum Gasteiger partial charge on any atom is -0.394 e. The van der Waals surface area contributed by atoms with Crippen LogP contribution in [-0.4, -0.2) is 47.9 Å². The van der Waals surface area contributed by atoms with Crippen molar-refractivity contribution in [1.29, 1.82) is 5.26 Å². The van der Waals surface area contributed by atoms with Crippen molar-refractivity contribution in [2.75, 3.05) is 32.9 Å². The summed E-state index contributed by atoms with van der Waals surface area (Å²) in [5.41, 5.74) is 1.12. The van der Waals surface area contributed by atoms with E-state index in [1.54, 1.807) is 6.20 Å². The van der Waals surface area contributed by atoms with Crippen LogP contribution in [0.15, 0.2) is 24.5 Å². The average molecular weight is 249 g/mol. The smallest absolute Gasteiger partial charge is 0.0698 e. The van der Waals surface area contributed by atoms with E-state index in [0.717, 1.165) is 18.7 Å². The first-order valence-corrected chi connectivity index (χ1v) is 6.03. The Labute approximate surface area is 108 Å². The van der Waals surface area contributed by atoms with Crippen LogP contribution in [-0.2, 0) is 11.3 Å². The second kappa shape index (κ2) is 9.54. The predicted molar refractivity (Wildman–Crippen MR) is 67.6 cm³/mol. The van der Waals surface area contributed by atoms with E-state index in [9.17, 15) is 0 Å². The van der Waals surface area contributed by atoms with Crippen LogP contribution in [0.1, 0.15) is 12.0 Å². The number of rotatable bonds is 9. The lowest BCUT2D eigenvalue weighted by atomic mass is 10.2. The molecule has 0 bridgehead atoms. The number of aliphatic hydroxyl groups excluding tert-OH is 1. The molecule has 0 fully saturated rings. The van der Waals surface area contributed by atoms with Crippen LogP contribution in [0.3, 0.4) is 0 Å². The average Bonchev–Trinajstić information content (AvgIpc) is 2.41. The maximum atomic E-state index is 8.64. The fraction of sp³-hybridized carbons (Fsp3) is 0.538. The molecule has 0 amide bonds. The molecule has 18 heavy (non-hydrogen) atoms. The van der Waals surface area contributed by atoms with Crippen molar-refractivity contribution in [3.63, 3.8) is 0 Å². The molecule has 0 atom stereocenters. The normalized spacial score (nSPS) is 10.5. The topological polar surface area (TPSA) is 69.4 Å². The molecule has 0 spiro atoms. The van der Waals surface area contributed by atoms with Gasteiger partial charge in [-0.25, -0.2) is 0 Å². The second-order valence-corrected chi connectivity index (χ2v) is 3.88. The zero-order valence-corrected chi connectivity index (χ0v) is 10.5. The van der Waals surface area contributed by atoms with Crippen LogP contribution in [0.4, 0.5) is 0 Å². The minimum absolute atomic E-state index is 0.0425. The zero-order chi connectivity index (χ0) is 13.1. The van der Waals surface area contributed by atoms with Crippen molar-refractivity contribution >= 4 is 0 Å². The van der Waals surface area contributed by atoms with Crippen molar-refractivity contribution in [3.8, 4) is 6.07 Å². The van der Waals surface area contributed by atoms with Gasteiger partial charge >= 0.3 is 0 Å². The van der Waals surface area contributed by atoms with Crippen LogP contribution in [0.5, 0.6) is 0 Å². The van der Waals surface area contributed by atoms with Crippen LogP contribution < -0.4 is 0 Å². The van der Waals surface area contributed by atoms with Crippen LogP contribution >= 0.6 is 0 Å². The Morgan fingerprint density at radius 2 is 2.28 bits per heavy atom. The molecule has 0 aliphatic rings. The van der Waals surface area contributed by atoms with Gasteiger partial charge in [0.25, 0.3) is 0 Å². The molecule has 1 heterocycles. The summed E-state index contributed by atoms with van der Waals surface area (Å²) in [6.45, 7) is 3.19. The summed E-state index contributed by atoms with van der Waals surface area (Å²) >= 11 is 0. The van der Waals surface area contributed by atoms with Crippen molar-refractivity contribution < 1.29 is 9.84 Å². The first-order valence-electron chi connectivity index (χ1n) is 6.03. The maximum absolute atomic E-state index is 8.64. The summed E-state index contributed by atoms with van der Waals surface area (Å²) in [5.74, 6) is 0. The molecule has 1 aromatic heterocycles. The van der Waals surface area contributed by atoms with Crippen molar-refractivity contribution in [3.05, 3.63) is 30.1 Å². The lowest BCUT2D eigenvalue weighted by Crippen LogP contribution is -2.28. The van der Waals surface area contributed by atoms with Crippen molar-refractivity contribution in [1.82, 2.24) is 9.88 Å². The molecule has 0 radical (unpaired) electrons. The van der Waals surface area contributed by atoms with E-state index < -0.39 is 0 Å². The molecule has 98 valence electrons. The Kier molecular flexibility index (Phi) is 7.73. The van der Waals surface area contributed by atoms with Gasteiger partial charge in [0.15, 0.2) is 0 Å². The van der Waals surface area contributed by atoms with Crippen LogP contribution in [0.2, 0.25) is 0 Å². The van der Waals surface area contributed by atoms with Gasteiger partial charge in [-0.3, -0.25) is 9.88 Å². The lowest BCUT2D eigenvalue weighted by Gasteiger charge is -2.20. The molecule has 0 unspecified atom stereocenters. The molecule has 0 aliphatic heterocycles. The van der Waals surface area contributed by atoms with Gasteiger partial charge in [-0.1, -0.05) is 6.07 Å². The molecule has 0 aliphatic carbocycles. The highest BCUT2D eigenvalue weighted by Crippen LogP contribution is 2.03. The monoisotopic (exact) mass is 249 g/mol. The Bertz CT molecular complexity index is 351. The molecular weight excluding hydrogens is 230 g/mol. The van der Waals surface area contributed by atoms with Gasteiger partial charge in [-0.15, -0.1) is 0 Å². The molecule has 5 heteroatoms. The number of nitriles is 1. The quantitative estimate of drug-likeness (QED) is 0.656. The first-order chi connectivity index (χ1) is 8.86. The highest BCUT2D eigenvalue weighted by Gasteiger charge is 2.05. The predicted octanol–water partition coefficient (Wildman–Crippen LogP) is 0.806. The summed E-state index contributed by atoms with van der Waals surface area (Å²) in [6.07, 6.45) is 4.07. The van der Waals surface area contributed by atoms with Gasteiger partial charge in [0, 0.05) is 38.4 Å². The van der Waals surface area contributed by atoms with E-state index in [1.807, 2.05) is 18.3 Å². The van der Waals surface area contributed by atoms with E-state index in [-0.39, 0.29) is 6.61 Å². The molecular formula is C13H19N3O2. The molecule has 1 N–H and O–H groups in total. The Morgan fingerprint density at radius 1 is 1.39 bits per heavy atom. The number of hydrogen-bond acceptors (Lipinski definition) is 5. The number of hydrogen-bond donors (Lipinski definition) is 1. The van der Waals surface area contributed by atoms with Gasteiger partial charge < -0.3 is 9.84 Å². The fourth-order valence-electron chi connectivity index (χ4n) is 1.59. The third kappa shape index (κ3) is 6.30. The van der Waals surface area contributed by atoms with Gasteiger partial charge in [-0.05, 0) is 11.6 Å². The molecule has 0 saturated heterocycles. The van der Waals surface area contributed by atoms with E-state index in [4.69, 9.17) is 15.1 Å². The second-order valence-electron chi connectivity index (χ2n) is 3.88. The standard InChI is InChI=1S/C13H19N3O2/c14-4-2-6-16(7-9-18-10-8-17)12-13-3-1-5-15-11-13/h1,3,5,11,17H,2,6-10,12H2. The van der Waals surface area contributed by atoms with Crippen molar-refractivity contribution in [2.45, 2.75) is 13.0 Å². The first kappa shape index (κ1) is 14.6. The summed E-state index contributed by atoms with van der Waals surface area (Å²) < 4.78 is 5.24.